The standard InChI is InChI=1S/C63H44N2/c1-41-19-17-25-45(37-41)64(43-21-5-3-6-22-43)47-35-36-54-55(39-47)48-27-9-11-31-52(48)61-60-53-32-12-10-30-51(53)59(65(44-23-7-4-8-24-44)46-26-18-20-42(2)38-46)40-58(60)63(62(54)61)56-33-15-13-28-49(56)50-29-14-16-34-57(50)63/h3-40H,1-2H3. The van der Waals surface area contributed by atoms with Gasteiger partial charge in [-0.3, -0.25) is 0 Å². The van der Waals surface area contributed by atoms with Gasteiger partial charge >= 0.3 is 0 Å². The zero-order chi connectivity index (χ0) is 43.2. The highest BCUT2D eigenvalue weighted by atomic mass is 15.1. The molecule has 0 aliphatic heterocycles. The van der Waals surface area contributed by atoms with E-state index in [0.29, 0.717) is 0 Å². The van der Waals surface area contributed by atoms with Gasteiger partial charge < -0.3 is 9.80 Å². The van der Waals surface area contributed by atoms with Crippen molar-refractivity contribution >= 4 is 66.4 Å². The highest BCUT2D eigenvalue weighted by molar-refractivity contribution is 6.24. The average Bonchev–Trinajstić information content (AvgIpc) is 3.83. The van der Waals surface area contributed by atoms with Crippen LogP contribution in [0.3, 0.4) is 0 Å². The first-order valence-corrected chi connectivity index (χ1v) is 22.7. The summed E-state index contributed by atoms with van der Waals surface area (Å²) in [7, 11) is 0. The summed E-state index contributed by atoms with van der Waals surface area (Å²) in [5.74, 6) is 0. The van der Waals surface area contributed by atoms with Crippen molar-refractivity contribution < 1.29 is 0 Å². The first-order valence-electron chi connectivity index (χ1n) is 22.7. The zero-order valence-corrected chi connectivity index (χ0v) is 36.3. The molecule has 13 rings (SSSR count). The van der Waals surface area contributed by atoms with Gasteiger partial charge in [0, 0.05) is 33.8 Å². The van der Waals surface area contributed by atoms with Crippen LogP contribution in [0.2, 0.25) is 0 Å². The summed E-state index contributed by atoms with van der Waals surface area (Å²) in [6, 6.07) is 86.0. The summed E-state index contributed by atoms with van der Waals surface area (Å²) < 4.78 is 0. The second-order valence-corrected chi connectivity index (χ2v) is 17.8. The molecule has 11 aromatic rings. The minimum Gasteiger partial charge on any atom is -0.310 e. The summed E-state index contributed by atoms with van der Waals surface area (Å²) >= 11 is 0. The molecule has 65 heavy (non-hydrogen) atoms. The Kier molecular flexibility index (Phi) is 8.29. The number of hydrogen-bond donors (Lipinski definition) is 0. The molecule has 0 bridgehead atoms. The summed E-state index contributed by atoms with van der Waals surface area (Å²) in [5.41, 5.74) is 19.2. The van der Waals surface area contributed by atoms with Crippen molar-refractivity contribution in [1.82, 2.24) is 0 Å². The minimum absolute atomic E-state index is 0.620. The van der Waals surface area contributed by atoms with Gasteiger partial charge in [0.25, 0.3) is 0 Å². The third kappa shape index (κ3) is 5.41. The van der Waals surface area contributed by atoms with Crippen LogP contribution in [-0.4, -0.2) is 0 Å². The van der Waals surface area contributed by atoms with E-state index in [1.54, 1.807) is 0 Å². The maximum absolute atomic E-state index is 2.57. The second kappa shape index (κ2) is 14.4. The first-order chi connectivity index (χ1) is 32.1. The largest absolute Gasteiger partial charge is 0.310 e. The molecule has 0 aromatic heterocycles. The number of para-hydroxylation sites is 2. The van der Waals surface area contributed by atoms with Crippen molar-refractivity contribution in [2.45, 2.75) is 19.3 Å². The van der Waals surface area contributed by atoms with E-state index in [9.17, 15) is 0 Å². The van der Waals surface area contributed by atoms with Gasteiger partial charge in [-0.15, -0.1) is 0 Å². The van der Waals surface area contributed by atoms with Crippen LogP contribution in [0.1, 0.15) is 33.4 Å². The second-order valence-electron chi connectivity index (χ2n) is 17.8. The Morgan fingerprint density at radius 1 is 0.292 bits per heavy atom. The number of fused-ring (bicyclic) bond motifs is 17. The third-order valence-corrected chi connectivity index (χ3v) is 14.1. The lowest BCUT2D eigenvalue weighted by Gasteiger charge is -2.34. The van der Waals surface area contributed by atoms with Crippen molar-refractivity contribution in [3.05, 3.63) is 264 Å². The molecule has 0 radical (unpaired) electrons. The van der Waals surface area contributed by atoms with Gasteiger partial charge in [-0.1, -0.05) is 164 Å². The van der Waals surface area contributed by atoms with Gasteiger partial charge in [0.15, 0.2) is 0 Å². The van der Waals surface area contributed by atoms with Crippen molar-refractivity contribution in [2.75, 3.05) is 9.80 Å². The van der Waals surface area contributed by atoms with E-state index in [1.807, 2.05) is 0 Å². The van der Waals surface area contributed by atoms with E-state index in [2.05, 4.69) is 254 Å². The van der Waals surface area contributed by atoms with Gasteiger partial charge in [-0.2, -0.15) is 0 Å². The Hall–Kier alpha value is -8.20. The molecule has 1 spiro atoms. The van der Waals surface area contributed by atoms with E-state index >= 15 is 0 Å². The number of hydrogen-bond acceptors (Lipinski definition) is 2. The summed E-state index contributed by atoms with van der Waals surface area (Å²) in [4.78, 5) is 4.88. The fraction of sp³-hybridized carbons (Fsp3) is 0.0476. The Labute approximate surface area is 379 Å². The maximum Gasteiger partial charge on any atom is 0.0732 e. The lowest BCUT2D eigenvalue weighted by atomic mass is 9.69. The topological polar surface area (TPSA) is 6.48 Å². The number of anilines is 6. The molecular formula is C63H44N2. The Bertz CT molecular complexity index is 3650. The molecule has 0 amide bonds. The summed E-state index contributed by atoms with van der Waals surface area (Å²) in [6.45, 7) is 4.36. The molecule has 2 aliphatic rings. The van der Waals surface area contributed by atoms with Crippen LogP contribution in [-0.2, 0) is 5.41 Å². The first kappa shape index (κ1) is 37.4. The van der Waals surface area contributed by atoms with Gasteiger partial charge in [0.1, 0.15) is 0 Å². The quantitative estimate of drug-likeness (QED) is 0.154. The van der Waals surface area contributed by atoms with Crippen LogP contribution in [0.25, 0.3) is 54.6 Å². The Balaban J connectivity index is 1.20. The van der Waals surface area contributed by atoms with Gasteiger partial charge in [0.05, 0.1) is 11.1 Å². The molecule has 11 aromatic carbocycles. The minimum atomic E-state index is -0.620. The molecular weight excluding hydrogens is 785 g/mol. The Morgan fingerprint density at radius 2 is 0.769 bits per heavy atom. The highest BCUT2D eigenvalue weighted by Crippen LogP contribution is 2.67. The predicted molar refractivity (Wildman–Crippen MR) is 274 cm³/mol. The summed E-state index contributed by atoms with van der Waals surface area (Å²) in [6.07, 6.45) is 0. The van der Waals surface area contributed by atoms with Crippen molar-refractivity contribution in [3.8, 4) is 22.3 Å². The van der Waals surface area contributed by atoms with Crippen LogP contribution >= 0.6 is 0 Å². The molecule has 2 nitrogen and oxygen atoms in total. The molecule has 2 heteroatoms. The monoisotopic (exact) mass is 828 g/mol. The third-order valence-electron chi connectivity index (χ3n) is 14.1. The maximum atomic E-state index is 2.57. The highest BCUT2D eigenvalue weighted by Gasteiger charge is 2.54. The van der Waals surface area contributed by atoms with Gasteiger partial charge in [-0.05, 0) is 163 Å². The lowest BCUT2D eigenvalue weighted by Crippen LogP contribution is -2.26. The van der Waals surface area contributed by atoms with Crippen LogP contribution in [0.4, 0.5) is 34.1 Å². The van der Waals surface area contributed by atoms with Crippen molar-refractivity contribution in [3.63, 3.8) is 0 Å². The van der Waals surface area contributed by atoms with E-state index in [1.165, 1.54) is 88.0 Å². The normalized spacial score (nSPS) is 12.9. The predicted octanol–water partition coefficient (Wildman–Crippen LogP) is 17.0. The molecule has 306 valence electrons. The van der Waals surface area contributed by atoms with Crippen molar-refractivity contribution in [1.29, 1.82) is 0 Å². The molecule has 2 aliphatic carbocycles. The SMILES string of the molecule is Cc1cccc(N(c2ccccc2)c2ccc3c4c(c5ccccc5c3c2)-c2c(cc(N(c3ccccc3)c3cccc(C)c3)c3ccccc23)C42c3ccccc3-c3ccccc32)c1. The number of rotatable bonds is 6. The molecule has 0 fully saturated rings. The molecule has 0 N–H and O–H groups in total. The molecule has 0 unspecified atom stereocenters. The van der Waals surface area contributed by atoms with E-state index in [0.717, 1.165) is 34.1 Å². The lowest BCUT2D eigenvalue weighted by molar-refractivity contribution is 0.802. The molecule has 0 saturated carbocycles. The number of benzene rings is 11. The zero-order valence-electron chi connectivity index (χ0n) is 36.3. The van der Waals surface area contributed by atoms with E-state index < -0.39 is 5.41 Å². The van der Waals surface area contributed by atoms with Crippen LogP contribution in [0.15, 0.2) is 231 Å². The molecule has 0 atom stereocenters. The van der Waals surface area contributed by atoms with E-state index in [-0.39, 0.29) is 0 Å². The fourth-order valence-electron chi connectivity index (χ4n) is 11.6. The number of nitrogens with zero attached hydrogens (tertiary/aromatic N) is 2. The van der Waals surface area contributed by atoms with Gasteiger partial charge in [0.2, 0.25) is 0 Å². The van der Waals surface area contributed by atoms with Crippen molar-refractivity contribution in [2.24, 2.45) is 0 Å². The van der Waals surface area contributed by atoms with Crippen LogP contribution in [0.5, 0.6) is 0 Å². The average molecular weight is 829 g/mol. The molecule has 0 heterocycles. The van der Waals surface area contributed by atoms with Crippen LogP contribution in [0, 0.1) is 13.8 Å². The van der Waals surface area contributed by atoms with Gasteiger partial charge in [-0.25, -0.2) is 0 Å². The molecule has 0 saturated heterocycles. The smallest absolute Gasteiger partial charge is 0.0732 e. The van der Waals surface area contributed by atoms with Crippen LogP contribution < -0.4 is 9.80 Å². The fourth-order valence-corrected chi connectivity index (χ4v) is 11.6. The Morgan fingerprint density at radius 3 is 1.38 bits per heavy atom. The summed E-state index contributed by atoms with van der Waals surface area (Å²) in [5, 5.41) is 7.51. The number of aryl methyl sites for hydroxylation is 2. The van der Waals surface area contributed by atoms with E-state index in [4.69, 9.17) is 0 Å².